The summed E-state index contributed by atoms with van der Waals surface area (Å²) in [5, 5.41) is 9.97. The van der Waals surface area contributed by atoms with Gasteiger partial charge >= 0.3 is 0 Å². The summed E-state index contributed by atoms with van der Waals surface area (Å²) in [5.74, 6) is -0.281. The summed E-state index contributed by atoms with van der Waals surface area (Å²) in [6.07, 6.45) is 3.94. The third-order valence-corrected chi connectivity index (χ3v) is 4.75. The second kappa shape index (κ2) is 10.2. The number of rotatable bonds is 9. The fourth-order valence-electron chi connectivity index (χ4n) is 2.85. The van der Waals surface area contributed by atoms with Crippen LogP contribution in [0.15, 0.2) is 48.8 Å². The number of carbonyl (C=O) groups is 1. The van der Waals surface area contributed by atoms with Crippen LogP contribution in [-0.2, 0) is 11.2 Å². The van der Waals surface area contributed by atoms with Gasteiger partial charge in [0, 0.05) is 41.4 Å². The van der Waals surface area contributed by atoms with Crippen LogP contribution >= 0.6 is 11.6 Å². The van der Waals surface area contributed by atoms with Crippen LogP contribution in [0, 0.1) is 5.82 Å². The van der Waals surface area contributed by atoms with Crippen molar-refractivity contribution in [2.75, 3.05) is 32.6 Å². The number of nitrogens with one attached hydrogen (secondary N) is 2. The zero-order valence-corrected chi connectivity index (χ0v) is 17.7. The van der Waals surface area contributed by atoms with Gasteiger partial charge in [0.15, 0.2) is 0 Å². The van der Waals surface area contributed by atoms with E-state index >= 15 is 0 Å². The monoisotopic (exact) mass is 430 g/mol. The Kier molecular flexibility index (Phi) is 7.43. The number of nitrogens with zero attached hydrogens (tertiary/aromatic N) is 2. The van der Waals surface area contributed by atoms with E-state index < -0.39 is 5.82 Å². The Morgan fingerprint density at radius 3 is 2.70 bits per heavy atom. The number of aromatic nitrogens is 2. The minimum Gasteiger partial charge on any atom is -0.490 e. The quantitative estimate of drug-likeness (QED) is 0.528. The first-order valence-electron chi connectivity index (χ1n) is 9.57. The molecule has 158 valence electrons. The van der Waals surface area contributed by atoms with Crippen LogP contribution in [0.4, 0.5) is 10.1 Å². The molecular weight excluding hydrogens is 407 g/mol. The number of amides is 1. The zero-order chi connectivity index (χ0) is 21.5. The van der Waals surface area contributed by atoms with E-state index in [1.54, 1.807) is 24.4 Å². The average molecular weight is 431 g/mol. The molecule has 0 aliphatic heterocycles. The number of ether oxygens (including phenoxy) is 1. The molecule has 3 rings (SSSR count). The van der Waals surface area contributed by atoms with Gasteiger partial charge in [-0.2, -0.15) is 5.10 Å². The fourth-order valence-corrected chi connectivity index (χ4v) is 2.98. The maximum absolute atomic E-state index is 14.7. The van der Waals surface area contributed by atoms with E-state index in [0.717, 1.165) is 5.56 Å². The van der Waals surface area contributed by atoms with E-state index in [1.165, 1.54) is 12.3 Å². The van der Waals surface area contributed by atoms with Crippen molar-refractivity contribution in [3.63, 3.8) is 0 Å². The molecule has 1 heterocycles. The summed E-state index contributed by atoms with van der Waals surface area (Å²) >= 11 is 5.89. The van der Waals surface area contributed by atoms with E-state index in [4.69, 9.17) is 16.3 Å². The van der Waals surface area contributed by atoms with Crippen LogP contribution in [0.5, 0.6) is 5.75 Å². The fraction of sp³-hybridized carbons (Fsp3) is 0.273. The van der Waals surface area contributed by atoms with Gasteiger partial charge in [-0.15, -0.1) is 0 Å². The molecule has 3 aromatic rings. The molecule has 8 heteroatoms. The normalized spacial score (nSPS) is 11.0. The number of aryl methyl sites for hydroxylation is 1. The smallest absolute Gasteiger partial charge is 0.224 e. The van der Waals surface area contributed by atoms with Crippen LogP contribution < -0.4 is 10.1 Å². The summed E-state index contributed by atoms with van der Waals surface area (Å²) in [5.41, 5.74) is 2.26. The molecule has 30 heavy (non-hydrogen) atoms. The third kappa shape index (κ3) is 6.05. The minimum atomic E-state index is -0.468. The Bertz CT molecular complexity index is 976. The molecule has 0 aliphatic carbocycles. The van der Waals surface area contributed by atoms with E-state index in [0.29, 0.717) is 47.2 Å². The lowest BCUT2D eigenvalue weighted by molar-refractivity contribution is -0.116. The van der Waals surface area contributed by atoms with Crippen molar-refractivity contribution in [1.82, 2.24) is 15.1 Å². The molecule has 0 aliphatic rings. The lowest BCUT2D eigenvalue weighted by Crippen LogP contribution is -2.20. The lowest BCUT2D eigenvalue weighted by Gasteiger charge is -2.16. The topological polar surface area (TPSA) is 70.2 Å². The van der Waals surface area contributed by atoms with Gasteiger partial charge in [0.25, 0.3) is 0 Å². The van der Waals surface area contributed by atoms with E-state index in [1.807, 2.05) is 31.1 Å². The van der Waals surface area contributed by atoms with Crippen LogP contribution in [0.25, 0.3) is 11.1 Å². The molecule has 6 nitrogen and oxygen atoms in total. The van der Waals surface area contributed by atoms with E-state index in [9.17, 15) is 9.18 Å². The molecule has 0 spiro atoms. The summed E-state index contributed by atoms with van der Waals surface area (Å²) in [7, 11) is 3.87. The number of benzene rings is 2. The highest BCUT2D eigenvalue weighted by Gasteiger charge is 2.16. The molecule has 0 saturated carbocycles. The van der Waals surface area contributed by atoms with Gasteiger partial charge in [-0.3, -0.25) is 9.89 Å². The first-order valence-corrected chi connectivity index (χ1v) is 9.94. The van der Waals surface area contributed by atoms with Crippen LogP contribution in [-0.4, -0.2) is 48.3 Å². The maximum atomic E-state index is 14.7. The zero-order valence-electron chi connectivity index (χ0n) is 16.9. The molecule has 0 unspecified atom stereocenters. The van der Waals surface area contributed by atoms with Crippen molar-refractivity contribution in [1.29, 1.82) is 0 Å². The first-order chi connectivity index (χ1) is 14.4. The molecule has 0 radical (unpaired) electrons. The molecule has 1 amide bonds. The summed E-state index contributed by atoms with van der Waals surface area (Å²) < 4.78 is 20.6. The molecule has 0 saturated heterocycles. The summed E-state index contributed by atoms with van der Waals surface area (Å²) in [6, 6.07) is 10.2. The van der Waals surface area contributed by atoms with Gasteiger partial charge in [-0.05, 0) is 44.3 Å². The predicted molar refractivity (Wildman–Crippen MR) is 116 cm³/mol. The van der Waals surface area contributed by atoms with Crippen LogP contribution in [0.3, 0.4) is 0 Å². The maximum Gasteiger partial charge on any atom is 0.224 e. The highest BCUT2D eigenvalue weighted by molar-refractivity contribution is 6.30. The number of aromatic amines is 1. The Balaban J connectivity index is 1.74. The number of likely N-dealkylation sites (N-methyl/N-ethyl adjacent to an activating group) is 1. The number of halogens is 2. The Labute approximate surface area is 180 Å². The van der Waals surface area contributed by atoms with Gasteiger partial charge < -0.3 is 15.0 Å². The van der Waals surface area contributed by atoms with Crippen LogP contribution in [0.2, 0.25) is 5.02 Å². The number of carbonyl (C=O) groups excluding carboxylic acids is 1. The summed E-state index contributed by atoms with van der Waals surface area (Å²) in [4.78, 5) is 14.5. The molecule has 2 N–H and O–H groups in total. The van der Waals surface area contributed by atoms with Crippen molar-refractivity contribution in [3.05, 3.63) is 65.2 Å². The molecule has 1 aromatic heterocycles. The van der Waals surface area contributed by atoms with Crippen LogP contribution in [0.1, 0.15) is 12.0 Å². The number of anilines is 1. The van der Waals surface area contributed by atoms with Gasteiger partial charge in [-0.1, -0.05) is 23.7 Å². The van der Waals surface area contributed by atoms with Gasteiger partial charge in [0.05, 0.1) is 11.9 Å². The molecule has 0 bridgehead atoms. The molecule has 0 atom stereocenters. The molecular formula is C22H24ClFN4O2. The van der Waals surface area contributed by atoms with E-state index in [2.05, 4.69) is 15.5 Å². The van der Waals surface area contributed by atoms with Crippen molar-refractivity contribution < 1.29 is 13.9 Å². The number of H-pyrrole nitrogens is 1. The van der Waals surface area contributed by atoms with Crippen molar-refractivity contribution in [3.8, 4) is 16.9 Å². The number of hydrogen-bond donors (Lipinski definition) is 2. The summed E-state index contributed by atoms with van der Waals surface area (Å²) in [6.45, 7) is 1.08. The Morgan fingerprint density at radius 1 is 1.27 bits per heavy atom. The van der Waals surface area contributed by atoms with Gasteiger partial charge in [-0.25, -0.2) is 4.39 Å². The Morgan fingerprint density at radius 2 is 2.03 bits per heavy atom. The minimum absolute atomic E-state index is 0.224. The van der Waals surface area contributed by atoms with Gasteiger partial charge in [0.2, 0.25) is 5.91 Å². The van der Waals surface area contributed by atoms with Crippen molar-refractivity contribution >= 4 is 23.2 Å². The van der Waals surface area contributed by atoms with Crippen molar-refractivity contribution in [2.45, 2.75) is 12.8 Å². The molecule has 2 aromatic carbocycles. The second-order valence-electron chi connectivity index (χ2n) is 7.14. The highest BCUT2D eigenvalue weighted by atomic mass is 35.5. The third-order valence-electron chi connectivity index (χ3n) is 4.50. The first kappa shape index (κ1) is 21.8. The predicted octanol–water partition coefficient (Wildman–Crippen LogP) is 4.38. The second-order valence-corrected chi connectivity index (χ2v) is 7.58. The largest absolute Gasteiger partial charge is 0.490 e. The lowest BCUT2D eigenvalue weighted by atomic mass is 10.1. The number of hydrogen-bond acceptors (Lipinski definition) is 4. The van der Waals surface area contributed by atoms with Crippen molar-refractivity contribution in [2.24, 2.45) is 0 Å². The highest BCUT2D eigenvalue weighted by Crippen LogP contribution is 2.33. The standard InChI is InChI=1S/C22H24ClFN4O2/c1-28(2)9-10-30-21-11-18(16-13-25-26-14-16)19(24)12-20(21)27-22(29)8-5-15-3-6-17(23)7-4-15/h3-4,6-7,11-14H,5,8-10H2,1-2H3,(H,25,26)(H,27,29). The SMILES string of the molecule is CN(C)CCOc1cc(-c2cn[nH]c2)c(F)cc1NC(=O)CCc1ccc(Cl)cc1. The average Bonchev–Trinajstić information content (AvgIpc) is 3.23. The Hall–Kier alpha value is -2.90. The molecule has 0 fully saturated rings. The van der Waals surface area contributed by atoms with Gasteiger partial charge in [0.1, 0.15) is 18.2 Å². The van der Waals surface area contributed by atoms with E-state index in [-0.39, 0.29) is 12.3 Å².